The number of nitrogens with two attached hydrogens (primary N) is 1. The van der Waals surface area contributed by atoms with Gasteiger partial charge >= 0.3 is 0 Å². The topological polar surface area (TPSA) is 35.2 Å². The molecule has 0 saturated heterocycles. The summed E-state index contributed by atoms with van der Waals surface area (Å²) in [4.78, 5) is 0. The Balaban J connectivity index is 2.11. The monoisotopic (exact) mass is 353 g/mol. The maximum Gasteiger partial charge on any atom is 0.0836 e. The van der Waals surface area contributed by atoms with Crippen LogP contribution < -0.4 is 5.73 Å². The summed E-state index contributed by atoms with van der Waals surface area (Å²) in [6.45, 7) is 7.52. The van der Waals surface area contributed by atoms with E-state index in [1.54, 1.807) is 0 Å². The maximum absolute atomic E-state index is 6.60. The molecule has 1 atom stereocenters. The quantitative estimate of drug-likeness (QED) is 0.832. The van der Waals surface area contributed by atoms with Gasteiger partial charge < -0.3 is 10.5 Å². The summed E-state index contributed by atoms with van der Waals surface area (Å²) in [6, 6.07) is 8.49. The zero-order valence-corrected chi connectivity index (χ0v) is 15.1. The van der Waals surface area contributed by atoms with E-state index in [0.717, 1.165) is 30.3 Å². The molecule has 1 fully saturated rings. The molecule has 1 aliphatic carbocycles. The predicted octanol–water partition coefficient (Wildman–Crippen LogP) is 4.69. The van der Waals surface area contributed by atoms with Crippen molar-refractivity contribution in [1.29, 1.82) is 0 Å². The Hall–Kier alpha value is -0.380. The largest absolute Gasteiger partial charge is 0.374 e. The van der Waals surface area contributed by atoms with E-state index in [4.69, 9.17) is 10.5 Å². The molecule has 3 heteroatoms. The van der Waals surface area contributed by atoms with E-state index in [-0.39, 0.29) is 11.6 Å². The van der Waals surface area contributed by atoms with E-state index in [9.17, 15) is 0 Å². The lowest BCUT2D eigenvalue weighted by atomic mass is 9.68. The molecule has 1 aromatic carbocycles. The van der Waals surface area contributed by atoms with E-state index in [1.807, 2.05) is 0 Å². The number of hydrogen-bond acceptors (Lipinski definition) is 2. The van der Waals surface area contributed by atoms with Gasteiger partial charge in [0.05, 0.1) is 5.60 Å². The molecule has 118 valence electrons. The molecule has 0 spiro atoms. The molecule has 0 radical (unpaired) electrons. The summed E-state index contributed by atoms with van der Waals surface area (Å²) < 4.78 is 7.30. The van der Waals surface area contributed by atoms with Crippen LogP contribution in [0.25, 0.3) is 0 Å². The molecule has 1 saturated carbocycles. The van der Waals surface area contributed by atoms with Crippen molar-refractivity contribution >= 4 is 15.9 Å². The van der Waals surface area contributed by atoms with Crippen LogP contribution in [0.2, 0.25) is 0 Å². The minimum Gasteiger partial charge on any atom is -0.374 e. The zero-order valence-electron chi connectivity index (χ0n) is 13.5. The molecule has 1 aromatic rings. The Morgan fingerprint density at radius 3 is 2.48 bits per heavy atom. The van der Waals surface area contributed by atoms with Crippen molar-refractivity contribution in [2.75, 3.05) is 6.61 Å². The van der Waals surface area contributed by atoms with Gasteiger partial charge in [0.1, 0.15) is 0 Å². The van der Waals surface area contributed by atoms with Crippen LogP contribution in [0.5, 0.6) is 0 Å². The molecule has 2 N–H and O–H groups in total. The van der Waals surface area contributed by atoms with Crippen LogP contribution >= 0.6 is 15.9 Å². The average Bonchev–Trinajstić information content (AvgIpc) is 2.41. The third-order valence-electron chi connectivity index (χ3n) is 4.90. The van der Waals surface area contributed by atoms with Gasteiger partial charge in [-0.2, -0.15) is 0 Å². The van der Waals surface area contributed by atoms with Gasteiger partial charge in [0.2, 0.25) is 0 Å². The van der Waals surface area contributed by atoms with Gasteiger partial charge in [0, 0.05) is 17.1 Å². The molecule has 0 aromatic heterocycles. The molecule has 1 aliphatic rings. The van der Waals surface area contributed by atoms with Crippen LogP contribution in [0.1, 0.15) is 52.0 Å². The Labute approximate surface area is 137 Å². The normalized spacial score (nSPS) is 22.0. The first kappa shape index (κ1) is 17.0. The summed E-state index contributed by atoms with van der Waals surface area (Å²) in [5, 5.41) is 0. The van der Waals surface area contributed by atoms with Gasteiger partial charge in [0.15, 0.2) is 0 Å². The highest BCUT2D eigenvalue weighted by Gasteiger charge is 2.43. The minimum atomic E-state index is -0.146. The fourth-order valence-corrected chi connectivity index (χ4v) is 3.81. The minimum absolute atomic E-state index is 0.0582. The Morgan fingerprint density at radius 2 is 1.90 bits per heavy atom. The van der Waals surface area contributed by atoms with Gasteiger partial charge in [-0.1, -0.05) is 41.9 Å². The number of ether oxygens (including phenoxy) is 1. The van der Waals surface area contributed by atoms with Gasteiger partial charge in [-0.25, -0.2) is 0 Å². The van der Waals surface area contributed by atoms with Gasteiger partial charge in [-0.15, -0.1) is 0 Å². The van der Waals surface area contributed by atoms with Gasteiger partial charge in [-0.3, -0.25) is 0 Å². The highest BCUT2D eigenvalue weighted by molar-refractivity contribution is 9.10. The Bertz CT molecular complexity index is 462. The van der Waals surface area contributed by atoms with E-state index < -0.39 is 0 Å². The number of rotatable bonds is 5. The zero-order chi connectivity index (χ0) is 15.5. The number of benzene rings is 1. The molecule has 2 nitrogen and oxygen atoms in total. The molecule has 0 bridgehead atoms. The Kier molecular flexibility index (Phi) is 5.50. The summed E-state index contributed by atoms with van der Waals surface area (Å²) in [7, 11) is 0. The Morgan fingerprint density at radius 1 is 1.24 bits per heavy atom. The van der Waals surface area contributed by atoms with E-state index in [1.165, 1.54) is 18.4 Å². The molecule has 0 aliphatic heterocycles. The first-order valence-corrected chi connectivity index (χ1v) is 8.80. The van der Waals surface area contributed by atoms with Crippen LogP contribution in [-0.2, 0) is 11.2 Å². The van der Waals surface area contributed by atoms with E-state index in [2.05, 4.69) is 61.0 Å². The second-order valence-electron chi connectivity index (χ2n) is 7.10. The van der Waals surface area contributed by atoms with Crippen LogP contribution in [0.15, 0.2) is 28.7 Å². The highest BCUT2D eigenvalue weighted by atomic mass is 79.9. The lowest BCUT2D eigenvalue weighted by molar-refractivity contribution is -0.0987. The van der Waals surface area contributed by atoms with Crippen molar-refractivity contribution < 1.29 is 4.74 Å². The fraction of sp³-hybridized carbons (Fsp3) is 0.667. The second kappa shape index (κ2) is 6.80. The van der Waals surface area contributed by atoms with Crippen molar-refractivity contribution in [2.45, 2.75) is 64.5 Å². The number of halogens is 1. The first-order valence-electron chi connectivity index (χ1n) is 8.01. The third-order valence-corrected chi connectivity index (χ3v) is 5.40. The van der Waals surface area contributed by atoms with E-state index >= 15 is 0 Å². The van der Waals surface area contributed by atoms with Crippen molar-refractivity contribution in [3.05, 3.63) is 34.3 Å². The van der Waals surface area contributed by atoms with Crippen molar-refractivity contribution in [2.24, 2.45) is 11.1 Å². The molecule has 0 amide bonds. The summed E-state index contributed by atoms with van der Waals surface area (Å²) in [6.07, 6.45) is 5.41. The summed E-state index contributed by atoms with van der Waals surface area (Å²) in [5.41, 5.74) is 8.16. The van der Waals surface area contributed by atoms with Crippen LogP contribution in [-0.4, -0.2) is 18.2 Å². The molecule has 1 unspecified atom stereocenters. The standard InChI is InChI=1S/C18H28BrNO/c1-4-21-18(10-8-17(2,3)9-11-18)16(20)13-14-6-5-7-15(19)12-14/h5-7,12,16H,4,8-11,13,20H2,1-3H3. The maximum atomic E-state index is 6.60. The summed E-state index contributed by atoms with van der Waals surface area (Å²) in [5.74, 6) is 0. The van der Waals surface area contributed by atoms with Crippen molar-refractivity contribution in [3.8, 4) is 0 Å². The SMILES string of the molecule is CCOC1(C(N)Cc2cccc(Br)c2)CCC(C)(C)CC1. The fourth-order valence-electron chi connectivity index (χ4n) is 3.36. The lowest BCUT2D eigenvalue weighted by Crippen LogP contribution is -2.54. The highest BCUT2D eigenvalue weighted by Crippen LogP contribution is 2.43. The molecule has 0 heterocycles. The van der Waals surface area contributed by atoms with Crippen molar-refractivity contribution in [3.63, 3.8) is 0 Å². The van der Waals surface area contributed by atoms with E-state index in [0.29, 0.717) is 5.41 Å². The van der Waals surface area contributed by atoms with Gasteiger partial charge in [-0.05, 0) is 62.1 Å². The lowest BCUT2D eigenvalue weighted by Gasteiger charge is -2.46. The van der Waals surface area contributed by atoms with Crippen molar-refractivity contribution in [1.82, 2.24) is 0 Å². The van der Waals surface area contributed by atoms with Crippen LogP contribution in [0.3, 0.4) is 0 Å². The second-order valence-corrected chi connectivity index (χ2v) is 8.02. The molecule has 2 rings (SSSR count). The summed E-state index contributed by atoms with van der Waals surface area (Å²) >= 11 is 3.54. The first-order chi connectivity index (χ1) is 9.87. The van der Waals surface area contributed by atoms with Gasteiger partial charge in [0.25, 0.3) is 0 Å². The van der Waals surface area contributed by atoms with Crippen LogP contribution in [0, 0.1) is 5.41 Å². The molecular weight excluding hydrogens is 326 g/mol. The predicted molar refractivity (Wildman–Crippen MR) is 92.4 cm³/mol. The van der Waals surface area contributed by atoms with Crippen LogP contribution in [0.4, 0.5) is 0 Å². The molecular formula is C18H28BrNO. The number of hydrogen-bond donors (Lipinski definition) is 1. The third kappa shape index (κ3) is 4.30. The average molecular weight is 354 g/mol. The molecule has 21 heavy (non-hydrogen) atoms. The smallest absolute Gasteiger partial charge is 0.0836 e.